The fourth-order valence-electron chi connectivity index (χ4n) is 0.665. The van der Waals surface area contributed by atoms with E-state index in [1.54, 1.807) is 6.07 Å². The average molecular weight is 164 g/mol. The van der Waals surface area contributed by atoms with Crippen LogP contribution in [-0.4, -0.2) is 23.1 Å². The number of carbonyl (C=O) groups is 1. The average Bonchev–Trinajstić information content (AvgIpc) is 2.17. The Morgan fingerprint density at radius 3 is 2.75 bits per heavy atom. The zero-order chi connectivity index (χ0) is 8.97. The molecule has 1 heterocycles. The van der Waals surface area contributed by atoms with Crippen LogP contribution in [0.3, 0.4) is 0 Å². The lowest BCUT2D eigenvalue weighted by Gasteiger charge is -1.96. The Morgan fingerprint density at radius 2 is 2.33 bits per heavy atom. The maximum absolute atomic E-state index is 11.0. The van der Waals surface area contributed by atoms with Crippen LogP contribution in [0.1, 0.15) is 10.5 Å². The largest absolute Gasteiger partial charge is 0.480 e. The van der Waals surface area contributed by atoms with Gasteiger partial charge in [0.15, 0.2) is 0 Å². The van der Waals surface area contributed by atoms with Gasteiger partial charge in [0, 0.05) is 6.07 Å². The summed E-state index contributed by atoms with van der Waals surface area (Å²) in [7, 11) is 1.49. The SMILES string of the molecule is C=CC(=O)c1ccc(OC)nn1. The molecule has 0 fully saturated rings. The van der Waals surface area contributed by atoms with Gasteiger partial charge in [-0.2, -0.15) is 0 Å². The first-order chi connectivity index (χ1) is 5.77. The summed E-state index contributed by atoms with van der Waals surface area (Å²) in [5.74, 6) is 0.140. The van der Waals surface area contributed by atoms with Crippen molar-refractivity contribution in [1.82, 2.24) is 10.2 Å². The van der Waals surface area contributed by atoms with E-state index in [0.717, 1.165) is 0 Å². The van der Waals surface area contributed by atoms with Crippen molar-refractivity contribution in [1.29, 1.82) is 0 Å². The summed E-state index contributed by atoms with van der Waals surface area (Å²) in [6, 6.07) is 3.11. The van der Waals surface area contributed by atoms with Crippen molar-refractivity contribution in [2.75, 3.05) is 7.11 Å². The van der Waals surface area contributed by atoms with Crippen LogP contribution in [-0.2, 0) is 0 Å². The molecule has 0 N–H and O–H groups in total. The molecule has 0 aliphatic heterocycles. The molecule has 0 amide bonds. The second kappa shape index (κ2) is 3.61. The maximum Gasteiger partial charge on any atom is 0.233 e. The zero-order valence-electron chi connectivity index (χ0n) is 6.65. The van der Waals surface area contributed by atoms with Crippen LogP contribution >= 0.6 is 0 Å². The molecule has 0 spiro atoms. The van der Waals surface area contributed by atoms with Crippen molar-refractivity contribution in [2.45, 2.75) is 0 Å². The van der Waals surface area contributed by atoms with Crippen LogP contribution in [0.15, 0.2) is 24.8 Å². The van der Waals surface area contributed by atoms with Gasteiger partial charge in [-0.15, -0.1) is 10.2 Å². The van der Waals surface area contributed by atoms with E-state index in [9.17, 15) is 4.79 Å². The van der Waals surface area contributed by atoms with Crippen molar-refractivity contribution in [3.63, 3.8) is 0 Å². The number of methoxy groups -OCH3 is 1. The Kier molecular flexibility index (Phi) is 2.53. The summed E-state index contributed by atoms with van der Waals surface area (Å²) in [4.78, 5) is 11.0. The molecule has 0 aromatic carbocycles. The van der Waals surface area contributed by atoms with E-state index < -0.39 is 0 Å². The standard InChI is InChI=1S/C8H8N2O2/c1-3-7(11)6-4-5-8(12-2)10-9-6/h3-5H,1H2,2H3. The molecule has 0 aliphatic rings. The van der Waals surface area contributed by atoms with Gasteiger partial charge in [0.25, 0.3) is 0 Å². The summed E-state index contributed by atoms with van der Waals surface area (Å²) in [5.41, 5.74) is 0.269. The second-order valence-corrected chi connectivity index (χ2v) is 2.03. The van der Waals surface area contributed by atoms with Crippen LogP contribution in [0, 0.1) is 0 Å². The first-order valence-corrected chi connectivity index (χ1v) is 3.32. The summed E-state index contributed by atoms with van der Waals surface area (Å²) >= 11 is 0. The van der Waals surface area contributed by atoms with E-state index in [-0.39, 0.29) is 11.5 Å². The van der Waals surface area contributed by atoms with Crippen LogP contribution in [0.2, 0.25) is 0 Å². The van der Waals surface area contributed by atoms with Gasteiger partial charge in [0.05, 0.1) is 7.11 Å². The van der Waals surface area contributed by atoms with E-state index in [1.807, 2.05) is 0 Å². The molecule has 0 atom stereocenters. The molecule has 0 bridgehead atoms. The van der Waals surface area contributed by atoms with Gasteiger partial charge in [-0.05, 0) is 12.1 Å². The van der Waals surface area contributed by atoms with Gasteiger partial charge in [0.2, 0.25) is 11.7 Å². The minimum Gasteiger partial charge on any atom is -0.480 e. The number of nitrogens with zero attached hydrogens (tertiary/aromatic N) is 2. The van der Waals surface area contributed by atoms with Crippen molar-refractivity contribution >= 4 is 5.78 Å². The third-order valence-corrected chi connectivity index (χ3v) is 1.29. The lowest BCUT2D eigenvalue weighted by atomic mass is 10.3. The molecule has 4 heteroatoms. The minimum absolute atomic E-state index is 0.245. The van der Waals surface area contributed by atoms with Gasteiger partial charge in [-0.25, -0.2) is 0 Å². The maximum atomic E-state index is 11.0. The van der Waals surface area contributed by atoms with Crippen molar-refractivity contribution < 1.29 is 9.53 Å². The van der Waals surface area contributed by atoms with Crippen molar-refractivity contribution in [3.05, 3.63) is 30.5 Å². The smallest absolute Gasteiger partial charge is 0.233 e. The van der Waals surface area contributed by atoms with Gasteiger partial charge in [-0.3, -0.25) is 4.79 Å². The number of hydrogen-bond donors (Lipinski definition) is 0. The van der Waals surface area contributed by atoms with Gasteiger partial charge < -0.3 is 4.74 Å². The first kappa shape index (κ1) is 8.39. The highest BCUT2D eigenvalue weighted by Crippen LogP contribution is 2.03. The quantitative estimate of drug-likeness (QED) is 0.491. The fraction of sp³-hybridized carbons (Fsp3) is 0.125. The minimum atomic E-state index is -0.245. The number of aromatic nitrogens is 2. The van der Waals surface area contributed by atoms with Crippen LogP contribution < -0.4 is 4.74 Å². The zero-order valence-corrected chi connectivity index (χ0v) is 6.65. The molecular weight excluding hydrogens is 156 g/mol. The third-order valence-electron chi connectivity index (χ3n) is 1.29. The van der Waals surface area contributed by atoms with Gasteiger partial charge >= 0.3 is 0 Å². The Labute approximate surface area is 69.9 Å². The van der Waals surface area contributed by atoms with E-state index in [0.29, 0.717) is 5.88 Å². The summed E-state index contributed by atoms with van der Waals surface area (Å²) in [5, 5.41) is 7.25. The Morgan fingerprint density at radius 1 is 1.58 bits per heavy atom. The number of carbonyl (C=O) groups excluding carboxylic acids is 1. The van der Waals surface area contributed by atoms with E-state index in [2.05, 4.69) is 16.8 Å². The summed E-state index contributed by atoms with van der Waals surface area (Å²) in [6.07, 6.45) is 1.19. The molecule has 0 saturated carbocycles. The lowest BCUT2D eigenvalue weighted by molar-refractivity contribution is 0.104. The topological polar surface area (TPSA) is 52.1 Å². The predicted molar refractivity (Wildman–Crippen MR) is 43.1 cm³/mol. The number of allylic oxidation sites excluding steroid dienone is 1. The molecule has 4 nitrogen and oxygen atoms in total. The van der Waals surface area contributed by atoms with Crippen molar-refractivity contribution in [2.24, 2.45) is 0 Å². The van der Waals surface area contributed by atoms with E-state index >= 15 is 0 Å². The third kappa shape index (κ3) is 1.66. The number of ketones is 1. The number of hydrogen-bond acceptors (Lipinski definition) is 4. The monoisotopic (exact) mass is 164 g/mol. The van der Waals surface area contributed by atoms with E-state index in [4.69, 9.17) is 4.74 Å². The normalized spacial score (nSPS) is 9.08. The molecule has 0 radical (unpaired) electrons. The molecule has 0 saturated heterocycles. The van der Waals surface area contributed by atoms with Crippen molar-refractivity contribution in [3.8, 4) is 5.88 Å². The molecule has 0 aliphatic carbocycles. The molecule has 1 rings (SSSR count). The first-order valence-electron chi connectivity index (χ1n) is 3.32. The Hall–Kier alpha value is -1.71. The summed E-state index contributed by atoms with van der Waals surface area (Å²) in [6.45, 7) is 3.33. The fourth-order valence-corrected chi connectivity index (χ4v) is 0.665. The molecule has 1 aromatic rings. The van der Waals surface area contributed by atoms with Crippen LogP contribution in [0.5, 0.6) is 5.88 Å². The van der Waals surface area contributed by atoms with Gasteiger partial charge in [-0.1, -0.05) is 6.58 Å². The number of ether oxygens (including phenoxy) is 1. The lowest BCUT2D eigenvalue weighted by Crippen LogP contribution is -2.00. The number of rotatable bonds is 3. The predicted octanol–water partition coefficient (Wildman–Crippen LogP) is 0.854. The highest BCUT2D eigenvalue weighted by molar-refractivity contribution is 6.02. The Bertz CT molecular complexity index is 292. The second-order valence-electron chi connectivity index (χ2n) is 2.03. The molecule has 0 unspecified atom stereocenters. The van der Waals surface area contributed by atoms with Gasteiger partial charge in [0.1, 0.15) is 5.69 Å². The summed E-state index contributed by atoms with van der Waals surface area (Å²) < 4.78 is 4.77. The highest BCUT2D eigenvalue weighted by Gasteiger charge is 2.02. The molecule has 1 aromatic heterocycles. The van der Waals surface area contributed by atoms with Crippen LogP contribution in [0.25, 0.3) is 0 Å². The van der Waals surface area contributed by atoms with E-state index in [1.165, 1.54) is 19.3 Å². The van der Waals surface area contributed by atoms with Crippen LogP contribution in [0.4, 0.5) is 0 Å². The Balaban J connectivity index is 2.91. The molecular formula is C8H8N2O2. The molecule has 62 valence electrons. The highest BCUT2D eigenvalue weighted by atomic mass is 16.5. The molecule has 12 heavy (non-hydrogen) atoms.